The molecule has 2 N–H and O–H groups in total. The summed E-state index contributed by atoms with van der Waals surface area (Å²) in [6.07, 6.45) is 1.58. The SMILES string of the molecule is COc1ccc(CO)cc1S(=O)(=O)NC1CCN(C)CC1. The molecule has 0 amide bonds. The van der Waals surface area contributed by atoms with Gasteiger partial charge in [-0.05, 0) is 50.7 Å². The summed E-state index contributed by atoms with van der Waals surface area (Å²) in [5, 5.41) is 9.18. The predicted molar refractivity (Wildman–Crippen MR) is 79.8 cm³/mol. The quantitative estimate of drug-likeness (QED) is 0.830. The predicted octanol–water partition coefficient (Wildman–Crippen LogP) is 0.560. The molecule has 0 unspecified atom stereocenters. The van der Waals surface area contributed by atoms with Crippen LogP contribution in [-0.4, -0.2) is 51.7 Å². The Morgan fingerprint density at radius 2 is 2.05 bits per heavy atom. The fraction of sp³-hybridized carbons (Fsp3) is 0.571. The summed E-state index contributed by atoms with van der Waals surface area (Å²) >= 11 is 0. The molecule has 0 aliphatic carbocycles. The maximum atomic E-state index is 12.5. The molecule has 0 bridgehead atoms. The lowest BCUT2D eigenvalue weighted by molar-refractivity contribution is 0.248. The third kappa shape index (κ3) is 3.94. The Kier molecular flexibility index (Phi) is 5.21. The van der Waals surface area contributed by atoms with Gasteiger partial charge in [-0.2, -0.15) is 0 Å². The van der Waals surface area contributed by atoms with Crippen LogP contribution in [-0.2, 0) is 16.6 Å². The van der Waals surface area contributed by atoms with Crippen LogP contribution < -0.4 is 9.46 Å². The van der Waals surface area contributed by atoms with Gasteiger partial charge in [-0.15, -0.1) is 0 Å². The maximum Gasteiger partial charge on any atom is 0.244 e. The molecule has 0 aromatic heterocycles. The highest BCUT2D eigenvalue weighted by Crippen LogP contribution is 2.25. The van der Waals surface area contributed by atoms with Gasteiger partial charge in [-0.3, -0.25) is 0 Å². The molecule has 0 atom stereocenters. The van der Waals surface area contributed by atoms with Crippen LogP contribution in [0.15, 0.2) is 23.1 Å². The van der Waals surface area contributed by atoms with Crippen molar-refractivity contribution in [3.05, 3.63) is 23.8 Å². The first-order valence-corrected chi connectivity index (χ1v) is 8.43. The molecule has 0 radical (unpaired) electrons. The van der Waals surface area contributed by atoms with Gasteiger partial charge < -0.3 is 14.7 Å². The number of hydrogen-bond acceptors (Lipinski definition) is 5. The Labute approximate surface area is 125 Å². The lowest BCUT2D eigenvalue weighted by Crippen LogP contribution is -2.43. The average molecular weight is 314 g/mol. The summed E-state index contributed by atoms with van der Waals surface area (Å²) in [5.41, 5.74) is 0.541. The first-order chi connectivity index (χ1) is 9.96. The van der Waals surface area contributed by atoms with E-state index in [0.29, 0.717) is 5.56 Å². The molecule has 6 nitrogen and oxygen atoms in total. The number of ether oxygens (including phenoxy) is 1. The lowest BCUT2D eigenvalue weighted by atomic mass is 10.1. The van der Waals surface area contributed by atoms with E-state index in [1.807, 2.05) is 7.05 Å². The zero-order chi connectivity index (χ0) is 15.5. The summed E-state index contributed by atoms with van der Waals surface area (Å²) in [6, 6.07) is 4.60. The van der Waals surface area contributed by atoms with Crippen molar-refractivity contribution in [2.75, 3.05) is 27.2 Å². The molecule has 1 aromatic carbocycles. The van der Waals surface area contributed by atoms with Gasteiger partial charge in [0.05, 0.1) is 13.7 Å². The second-order valence-electron chi connectivity index (χ2n) is 5.34. The van der Waals surface area contributed by atoms with E-state index in [1.165, 1.54) is 13.2 Å². The number of methoxy groups -OCH3 is 1. The van der Waals surface area contributed by atoms with Gasteiger partial charge in [-0.1, -0.05) is 6.07 Å². The van der Waals surface area contributed by atoms with E-state index in [0.717, 1.165) is 25.9 Å². The zero-order valence-electron chi connectivity index (χ0n) is 12.4. The van der Waals surface area contributed by atoms with Crippen LogP contribution in [0.3, 0.4) is 0 Å². The molecule has 2 rings (SSSR count). The van der Waals surface area contributed by atoms with Gasteiger partial charge in [0.1, 0.15) is 10.6 Å². The fourth-order valence-corrected chi connectivity index (χ4v) is 3.96. The number of nitrogens with one attached hydrogen (secondary N) is 1. The highest BCUT2D eigenvalue weighted by molar-refractivity contribution is 7.89. The van der Waals surface area contributed by atoms with Crippen molar-refractivity contribution in [2.24, 2.45) is 0 Å². The molecule has 1 aliphatic rings. The third-order valence-electron chi connectivity index (χ3n) is 3.74. The van der Waals surface area contributed by atoms with Crippen molar-refractivity contribution in [1.82, 2.24) is 9.62 Å². The topological polar surface area (TPSA) is 78.9 Å². The molecule has 1 aromatic rings. The molecule has 21 heavy (non-hydrogen) atoms. The molecule has 1 aliphatic heterocycles. The number of nitrogens with zero attached hydrogens (tertiary/aromatic N) is 1. The van der Waals surface area contributed by atoms with Gasteiger partial charge in [0.25, 0.3) is 0 Å². The molecule has 1 heterocycles. The van der Waals surface area contributed by atoms with Crippen molar-refractivity contribution in [3.63, 3.8) is 0 Å². The van der Waals surface area contributed by atoms with E-state index in [-0.39, 0.29) is 23.3 Å². The van der Waals surface area contributed by atoms with Gasteiger partial charge >= 0.3 is 0 Å². The normalized spacial score (nSPS) is 17.9. The Balaban J connectivity index is 2.22. The van der Waals surface area contributed by atoms with Crippen molar-refractivity contribution in [2.45, 2.75) is 30.4 Å². The average Bonchev–Trinajstić information content (AvgIpc) is 2.48. The molecule has 118 valence electrons. The van der Waals surface area contributed by atoms with Crippen LogP contribution in [0.1, 0.15) is 18.4 Å². The highest BCUT2D eigenvalue weighted by atomic mass is 32.2. The Morgan fingerprint density at radius 1 is 1.38 bits per heavy atom. The Bertz CT molecular complexity index is 581. The number of piperidine rings is 1. The number of benzene rings is 1. The van der Waals surface area contributed by atoms with E-state index >= 15 is 0 Å². The number of aliphatic hydroxyl groups excluding tert-OH is 1. The van der Waals surface area contributed by atoms with Crippen LogP contribution in [0.5, 0.6) is 5.75 Å². The van der Waals surface area contributed by atoms with Gasteiger partial charge in [0, 0.05) is 6.04 Å². The molecule has 0 saturated carbocycles. The second kappa shape index (κ2) is 6.74. The zero-order valence-corrected chi connectivity index (χ0v) is 13.2. The minimum Gasteiger partial charge on any atom is -0.495 e. The van der Waals surface area contributed by atoms with Crippen molar-refractivity contribution in [1.29, 1.82) is 0 Å². The number of hydrogen-bond donors (Lipinski definition) is 2. The van der Waals surface area contributed by atoms with Gasteiger partial charge in [0.2, 0.25) is 10.0 Å². The van der Waals surface area contributed by atoms with Crippen LogP contribution in [0.2, 0.25) is 0 Å². The Morgan fingerprint density at radius 3 is 2.62 bits per heavy atom. The van der Waals surface area contributed by atoms with Crippen LogP contribution >= 0.6 is 0 Å². The minimum absolute atomic E-state index is 0.0614. The van der Waals surface area contributed by atoms with E-state index in [1.54, 1.807) is 12.1 Å². The number of likely N-dealkylation sites (tertiary alicyclic amines) is 1. The van der Waals surface area contributed by atoms with Gasteiger partial charge in [-0.25, -0.2) is 13.1 Å². The van der Waals surface area contributed by atoms with E-state index in [2.05, 4.69) is 9.62 Å². The van der Waals surface area contributed by atoms with Crippen molar-refractivity contribution < 1.29 is 18.3 Å². The smallest absolute Gasteiger partial charge is 0.244 e. The molecule has 1 fully saturated rings. The maximum absolute atomic E-state index is 12.5. The van der Waals surface area contributed by atoms with Gasteiger partial charge in [0.15, 0.2) is 0 Å². The van der Waals surface area contributed by atoms with Crippen LogP contribution in [0, 0.1) is 0 Å². The minimum atomic E-state index is -3.66. The lowest BCUT2D eigenvalue weighted by Gasteiger charge is -2.29. The summed E-state index contributed by atoms with van der Waals surface area (Å²) in [5.74, 6) is 0.285. The molecule has 7 heteroatoms. The monoisotopic (exact) mass is 314 g/mol. The third-order valence-corrected chi connectivity index (χ3v) is 5.28. The van der Waals surface area contributed by atoms with Crippen molar-refractivity contribution >= 4 is 10.0 Å². The summed E-state index contributed by atoms with van der Waals surface area (Å²) in [4.78, 5) is 2.26. The standard InChI is InChI=1S/C14H22N2O4S/c1-16-7-5-12(6-8-16)15-21(18,19)14-9-11(10-17)3-4-13(14)20-2/h3-4,9,12,15,17H,5-8,10H2,1-2H3. The van der Waals surface area contributed by atoms with E-state index in [9.17, 15) is 13.5 Å². The molecular weight excluding hydrogens is 292 g/mol. The molecular formula is C14H22N2O4S. The second-order valence-corrected chi connectivity index (χ2v) is 7.02. The highest BCUT2D eigenvalue weighted by Gasteiger charge is 2.26. The summed E-state index contributed by atoms with van der Waals surface area (Å²) in [7, 11) is -0.198. The number of rotatable bonds is 5. The summed E-state index contributed by atoms with van der Waals surface area (Å²) < 4.78 is 33.0. The first-order valence-electron chi connectivity index (χ1n) is 6.95. The van der Waals surface area contributed by atoms with Crippen molar-refractivity contribution in [3.8, 4) is 5.75 Å². The van der Waals surface area contributed by atoms with Crippen LogP contribution in [0.25, 0.3) is 0 Å². The molecule has 0 spiro atoms. The number of sulfonamides is 1. The van der Waals surface area contributed by atoms with Crippen LogP contribution in [0.4, 0.5) is 0 Å². The van der Waals surface area contributed by atoms with E-state index in [4.69, 9.17) is 4.74 Å². The Hall–Kier alpha value is -1.15. The largest absolute Gasteiger partial charge is 0.495 e. The summed E-state index contributed by atoms with van der Waals surface area (Å²) in [6.45, 7) is 1.54. The first kappa shape index (κ1) is 16.2. The fourth-order valence-electron chi connectivity index (χ4n) is 2.44. The van der Waals surface area contributed by atoms with E-state index < -0.39 is 10.0 Å². The molecule has 1 saturated heterocycles. The number of aliphatic hydroxyl groups is 1.